The monoisotopic (exact) mass is 355 g/mol. The van der Waals surface area contributed by atoms with E-state index in [2.05, 4.69) is 0 Å². The lowest BCUT2D eigenvalue weighted by Gasteiger charge is -2.10. The van der Waals surface area contributed by atoms with Crippen LogP contribution in [0.25, 0.3) is 0 Å². The minimum atomic E-state index is -0.629. The molecule has 0 atom stereocenters. The first-order chi connectivity index (χ1) is 11.0. The van der Waals surface area contributed by atoms with E-state index in [-0.39, 0.29) is 28.1 Å². The Morgan fingerprint density at radius 2 is 1.74 bits per heavy atom. The maximum absolute atomic E-state index is 11.6. The molecule has 0 aromatic heterocycles. The van der Waals surface area contributed by atoms with Crippen LogP contribution in [0.3, 0.4) is 0 Å². The predicted octanol–water partition coefficient (Wildman–Crippen LogP) is 4.02. The molecule has 2 aromatic rings. The van der Waals surface area contributed by atoms with Crippen LogP contribution in [0.1, 0.15) is 5.56 Å². The average Bonchev–Trinajstić information content (AvgIpc) is 2.52. The van der Waals surface area contributed by atoms with Crippen LogP contribution in [0, 0.1) is 10.1 Å². The molecule has 0 aliphatic carbocycles. The highest BCUT2D eigenvalue weighted by molar-refractivity contribution is 6.37. The lowest BCUT2D eigenvalue weighted by Crippen LogP contribution is -2.15. The zero-order valence-electron chi connectivity index (χ0n) is 11.7. The minimum absolute atomic E-state index is 0.00408. The van der Waals surface area contributed by atoms with Crippen LogP contribution in [0.2, 0.25) is 10.0 Å². The van der Waals surface area contributed by atoms with Crippen molar-refractivity contribution in [1.82, 2.24) is 0 Å². The summed E-state index contributed by atoms with van der Waals surface area (Å²) >= 11 is 11.7. The maximum atomic E-state index is 11.6. The zero-order chi connectivity index (χ0) is 16.8. The molecule has 0 saturated heterocycles. The Balaban J connectivity index is 1.93. The Morgan fingerprint density at radius 1 is 1.13 bits per heavy atom. The molecule has 2 aromatic carbocycles. The number of hydrogen-bond acceptors (Lipinski definition) is 5. The quantitative estimate of drug-likeness (QED) is 0.444. The molecule has 0 amide bonds. The van der Waals surface area contributed by atoms with Crippen molar-refractivity contribution in [3.05, 3.63) is 68.2 Å². The first-order valence-electron chi connectivity index (χ1n) is 6.43. The lowest BCUT2D eigenvalue weighted by atomic mass is 10.2. The summed E-state index contributed by atoms with van der Waals surface area (Å²) in [6, 6.07) is 11.3. The van der Waals surface area contributed by atoms with E-state index < -0.39 is 17.5 Å². The Bertz CT molecular complexity index is 698. The summed E-state index contributed by atoms with van der Waals surface area (Å²) in [6.45, 7) is -0.297. The van der Waals surface area contributed by atoms with Gasteiger partial charge >= 0.3 is 5.97 Å². The van der Waals surface area contributed by atoms with Crippen molar-refractivity contribution in [1.29, 1.82) is 0 Å². The molecule has 0 aliphatic heterocycles. The molecule has 23 heavy (non-hydrogen) atoms. The molecular weight excluding hydrogens is 345 g/mol. The Hall–Kier alpha value is -2.31. The van der Waals surface area contributed by atoms with Gasteiger partial charge in [0.1, 0.15) is 6.61 Å². The smallest absolute Gasteiger partial charge is 0.344 e. The summed E-state index contributed by atoms with van der Waals surface area (Å²) in [4.78, 5) is 21.7. The second-order valence-corrected chi connectivity index (χ2v) is 5.25. The zero-order valence-corrected chi connectivity index (χ0v) is 13.2. The van der Waals surface area contributed by atoms with E-state index >= 15 is 0 Å². The fourth-order valence-corrected chi connectivity index (χ4v) is 2.29. The number of carbonyl (C=O) groups excluding carboxylic acids is 1. The number of hydrogen-bond donors (Lipinski definition) is 0. The molecule has 120 valence electrons. The van der Waals surface area contributed by atoms with E-state index in [0.717, 1.165) is 17.7 Å². The normalized spacial score (nSPS) is 10.2. The minimum Gasteiger partial charge on any atom is -0.479 e. The van der Waals surface area contributed by atoms with E-state index in [9.17, 15) is 14.9 Å². The molecule has 0 fully saturated rings. The van der Waals surface area contributed by atoms with Crippen molar-refractivity contribution < 1.29 is 19.2 Å². The topological polar surface area (TPSA) is 78.7 Å². The van der Waals surface area contributed by atoms with Crippen molar-refractivity contribution in [2.45, 2.75) is 6.61 Å². The van der Waals surface area contributed by atoms with Gasteiger partial charge in [0.15, 0.2) is 12.4 Å². The van der Waals surface area contributed by atoms with Gasteiger partial charge in [0.05, 0.1) is 15.0 Å². The molecule has 0 N–H and O–H groups in total. The van der Waals surface area contributed by atoms with Gasteiger partial charge in [-0.3, -0.25) is 10.1 Å². The number of nitro benzene ring substituents is 1. The van der Waals surface area contributed by atoms with Gasteiger partial charge in [-0.25, -0.2) is 4.79 Å². The number of benzene rings is 2. The molecule has 8 heteroatoms. The number of nitro groups is 1. The van der Waals surface area contributed by atoms with Gasteiger partial charge in [0, 0.05) is 12.1 Å². The van der Waals surface area contributed by atoms with E-state index in [1.165, 1.54) is 0 Å². The molecule has 0 radical (unpaired) electrons. The first-order valence-corrected chi connectivity index (χ1v) is 7.18. The van der Waals surface area contributed by atoms with Crippen molar-refractivity contribution in [2.75, 3.05) is 6.61 Å². The van der Waals surface area contributed by atoms with E-state index in [1.807, 2.05) is 30.3 Å². The second-order valence-electron chi connectivity index (χ2n) is 4.43. The fraction of sp³-hybridized carbons (Fsp3) is 0.133. The van der Waals surface area contributed by atoms with Crippen LogP contribution in [-0.4, -0.2) is 17.5 Å². The molecule has 0 aliphatic rings. The molecule has 0 saturated carbocycles. The summed E-state index contributed by atoms with van der Waals surface area (Å²) < 4.78 is 10.2. The van der Waals surface area contributed by atoms with E-state index in [1.54, 1.807) is 0 Å². The van der Waals surface area contributed by atoms with Crippen LogP contribution in [0.5, 0.6) is 5.75 Å². The van der Waals surface area contributed by atoms with Gasteiger partial charge < -0.3 is 9.47 Å². The van der Waals surface area contributed by atoms with Crippen LogP contribution < -0.4 is 4.74 Å². The molecule has 6 nitrogen and oxygen atoms in total. The summed E-state index contributed by atoms with van der Waals surface area (Å²) in [5.41, 5.74) is 0.575. The van der Waals surface area contributed by atoms with Crippen molar-refractivity contribution in [2.24, 2.45) is 0 Å². The number of carbonyl (C=O) groups is 1. The second kappa shape index (κ2) is 7.80. The highest BCUT2D eigenvalue weighted by Gasteiger charge is 2.17. The SMILES string of the molecule is O=C(COc1c(Cl)cc([N+](=O)[O-])cc1Cl)OCc1ccccc1. The standard InChI is InChI=1S/C15H11Cl2NO5/c16-12-6-11(18(20)21)7-13(17)15(12)23-9-14(19)22-8-10-4-2-1-3-5-10/h1-7H,8-9H2. The molecule has 0 spiro atoms. The van der Waals surface area contributed by atoms with E-state index in [4.69, 9.17) is 32.7 Å². The fourth-order valence-electron chi connectivity index (χ4n) is 1.70. The number of nitrogens with zero attached hydrogens (tertiary/aromatic N) is 1. The molecule has 0 bridgehead atoms. The van der Waals surface area contributed by atoms with Crippen molar-refractivity contribution >= 4 is 34.9 Å². The van der Waals surface area contributed by atoms with Gasteiger partial charge in [-0.15, -0.1) is 0 Å². The van der Waals surface area contributed by atoms with E-state index in [0.29, 0.717) is 0 Å². The largest absolute Gasteiger partial charge is 0.479 e. The molecule has 0 unspecified atom stereocenters. The first kappa shape index (κ1) is 17.1. The van der Waals surface area contributed by atoms with Crippen molar-refractivity contribution in [3.63, 3.8) is 0 Å². The van der Waals surface area contributed by atoms with Crippen LogP contribution in [0.4, 0.5) is 5.69 Å². The van der Waals surface area contributed by atoms with Crippen molar-refractivity contribution in [3.8, 4) is 5.75 Å². The van der Waals surface area contributed by atoms with Crippen LogP contribution in [-0.2, 0) is 16.1 Å². The Morgan fingerprint density at radius 3 is 2.30 bits per heavy atom. The number of ether oxygens (including phenoxy) is 2. The molecular formula is C15H11Cl2NO5. The predicted molar refractivity (Wildman–Crippen MR) is 84.8 cm³/mol. The van der Waals surface area contributed by atoms with Crippen LogP contribution >= 0.6 is 23.2 Å². The van der Waals surface area contributed by atoms with Gasteiger partial charge in [0.25, 0.3) is 5.69 Å². The summed E-state index contributed by atoms with van der Waals surface area (Å²) in [7, 11) is 0. The lowest BCUT2D eigenvalue weighted by molar-refractivity contribution is -0.384. The number of halogens is 2. The van der Waals surface area contributed by atoms with Gasteiger partial charge in [-0.1, -0.05) is 53.5 Å². The number of non-ortho nitro benzene ring substituents is 1. The highest BCUT2D eigenvalue weighted by atomic mass is 35.5. The third-order valence-electron chi connectivity index (χ3n) is 2.77. The highest BCUT2D eigenvalue weighted by Crippen LogP contribution is 2.36. The van der Waals surface area contributed by atoms with Crippen LogP contribution in [0.15, 0.2) is 42.5 Å². The Labute approximate surface area is 141 Å². The van der Waals surface area contributed by atoms with Gasteiger partial charge in [0.2, 0.25) is 0 Å². The molecule has 0 heterocycles. The third kappa shape index (κ3) is 4.84. The average molecular weight is 356 g/mol. The summed E-state index contributed by atoms with van der Waals surface area (Å²) in [5.74, 6) is -0.616. The maximum Gasteiger partial charge on any atom is 0.344 e. The Kier molecular flexibility index (Phi) is 5.78. The summed E-state index contributed by atoms with van der Waals surface area (Å²) in [5, 5.41) is 10.6. The summed E-state index contributed by atoms with van der Waals surface area (Å²) in [6.07, 6.45) is 0. The van der Waals surface area contributed by atoms with Gasteiger partial charge in [-0.05, 0) is 5.56 Å². The number of rotatable bonds is 6. The third-order valence-corrected chi connectivity index (χ3v) is 3.33. The molecule has 2 rings (SSSR count). The van der Waals surface area contributed by atoms with Gasteiger partial charge in [-0.2, -0.15) is 0 Å². The number of esters is 1.